The van der Waals surface area contributed by atoms with Crippen molar-refractivity contribution in [1.29, 1.82) is 0 Å². The number of aliphatic carboxylic acids is 1. The van der Waals surface area contributed by atoms with Crippen LogP contribution in [0.2, 0.25) is 0 Å². The number of carbonyl (C=O) groups excluding carboxylic acids is 1. The molecule has 0 rings (SSSR count). The highest BCUT2D eigenvalue weighted by atomic mass is 16.5. The van der Waals surface area contributed by atoms with E-state index >= 15 is 0 Å². The van der Waals surface area contributed by atoms with Gasteiger partial charge >= 0.3 is 11.9 Å². The van der Waals surface area contributed by atoms with Gasteiger partial charge in [0.25, 0.3) is 0 Å². The molecule has 0 fully saturated rings. The topological polar surface area (TPSA) is 89.6 Å². The summed E-state index contributed by atoms with van der Waals surface area (Å²) in [6.45, 7) is 2.20. The first-order valence-corrected chi connectivity index (χ1v) is 4.17. The van der Waals surface area contributed by atoms with Crippen LogP contribution in [0.4, 0.5) is 0 Å². The Kier molecular flexibility index (Phi) is 5.88. The van der Waals surface area contributed by atoms with Crippen LogP contribution in [0.3, 0.4) is 0 Å². The molecule has 0 saturated heterocycles. The first-order valence-electron chi connectivity index (χ1n) is 4.17. The molecule has 0 bridgehead atoms. The molecule has 0 aliphatic heterocycles. The van der Waals surface area contributed by atoms with Crippen molar-refractivity contribution >= 4 is 11.9 Å². The number of carboxylic acids is 1. The number of ether oxygens (including phenoxy) is 1. The Labute approximate surface area is 76.9 Å². The fourth-order valence-corrected chi connectivity index (χ4v) is 0.941. The van der Waals surface area contributed by atoms with Gasteiger partial charge in [0.05, 0.1) is 13.0 Å². The molecule has 0 aromatic rings. The van der Waals surface area contributed by atoms with Crippen molar-refractivity contribution in [3.8, 4) is 0 Å². The summed E-state index contributed by atoms with van der Waals surface area (Å²) in [6.07, 6.45) is -0.00798. The fraction of sp³-hybridized carbons (Fsp3) is 0.750. The third kappa shape index (κ3) is 6.10. The van der Waals surface area contributed by atoms with Crippen LogP contribution < -0.4 is 5.73 Å². The highest BCUT2D eigenvalue weighted by Gasteiger charge is 2.16. The number of carbonyl (C=O) groups is 2. The van der Waals surface area contributed by atoms with E-state index in [2.05, 4.69) is 4.74 Å². The molecule has 13 heavy (non-hydrogen) atoms. The van der Waals surface area contributed by atoms with Gasteiger partial charge in [0.15, 0.2) is 0 Å². The smallest absolute Gasteiger partial charge is 0.306 e. The standard InChI is InChI=1S/C8H15NO4/c1-2-13-8(12)4-6(5-9)3-7(10)11/h6H,2-5,9H2,1H3,(H,10,11). The first kappa shape index (κ1) is 11.9. The van der Waals surface area contributed by atoms with Gasteiger partial charge in [-0.2, -0.15) is 0 Å². The van der Waals surface area contributed by atoms with E-state index in [-0.39, 0.29) is 31.3 Å². The van der Waals surface area contributed by atoms with Crippen molar-refractivity contribution in [2.75, 3.05) is 13.2 Å². The van der Waals surface area contributed by atoms with E-state index in [1.807, 2.05) is 0 Å². The van der Waals surface area contributed by atoms with Crippen LogP contribution in [0.5, 0.6) is 0 Å². The van der Waals surface area contributed by atoms with E-state index in [0.29, 0.717) is 6.61 Å². The summed E-state index contributed by atoms with van der Waals surface area (Å²) in [7, 11) is 0. The van der Waals surface area contributed by atoms with Gasteiger partial charge in [0, 0.05) is 6.42 Å². The lowest BCUT2D eigenvalue weighted by Gasteiger charge is -2.10. The van der Waals surface area contributed by atoms with Crippen LogP contribution in [0.15, 0.2) is 0 Å². The molecule has 0 radical (unpaired) electrons. The zero-order valence-corrected chi connectivity index (χ0v) is 7.66. The van der Waals surface area contributed by atoms with Crippen LogP contribution >= 0.6 is 0 Å². The highest BCUT2D eigenvalue weighted by molar-refractivity contribution is 5.72. The van der Waals surface area contributed by atoms with Gasteiger partial charge in [0.2, 0.25) is 0 Å². The van der Waals surface area contributed by atoms with E-state index < -0.39 is 5.97 Å². The van der Waals surface area contributed by atoms with E-state index in [4.69, 9.17) is 10.8 Å². The zero-order valence-electron chi connectivity index (χ0n) is 7.66. The van der Waals surface area contributed by atoms with Gasteiger partial charge in [-0.1, -0.05) is 0 Å². The minimum atomic E-state index is -0.945. The summed E-state index contributed by atoms with van der Waals surface area (Å²) >= 11 is 0. The summed E-state index contributed by atoms with van der Waals surface area (Å²) in [5.41, 5.74) is 5.29. The Bertz CT molecular complexity index is 181. The normalized spacial score (nSPS) is 12.2. The molecular weight excluding hydrogens is 174 g/mol. The first-order chi connectivity index (χ1) is 6.10. The average Bonchev–Trinajstić information content (AvgIpc) is 2.02. The van der Waals surface area contributed by atoms with Crippen molar-refractivity contribution in [2.24, 2.45) is 11.7 Å². The number of hydrogen-bond donors (Lipinski definition) is 2. The molecule has 0 aromatic carbocycles. The second-order valence-electron chi connectivity index (χ2n) is 2.71. The van der Waals surface area contributed by atoms with E-state index in [9.17, 15) is 9.59 Å². The monoisotopic (exact) mass is 189 g/mol. The number of carboxylic acid groups (broad SMARTS) is 1. The van der Waals surface area contributed by atoms with Gasteiger partial charge in [-0.3, -0.25) is 9.59 Å². The van der Waals surface area contributed by atoms with Crippen LogP contribution in [0.25, 0.3) is 0 Å². The molecule has 3 N–H and O–H groups in total. The minimum absolute atomic E-state index is 0.0800. The van der Waals surface area contributed by atoms with E-state index in [0.717, 1.165) is 0 Å². The van der Waals surface area contributed by atoms with E-state index in [1.165, 1.54) is 0 Å². The predicted molar refractivity (Wildman–Crippen MR) is 46.0 cm³/mol. The second kappa shape index (κ2) is 6.42. The Hall–Kier alpha value is -1.10. The van der Waals surface area contributed by atoms with Gasteiger partial charge in [-0.25, -0.2) is 0 Å². The quantitative estimate of drug-likeness (QED) is 0.573. The molecule has 0 heterocycles. The Morgan fingerprint density at radius 3 is 2.46 bits per heavy atom. The van der Waals surface area contributed by atoms with Crippen LogP contribution in [-0.2, 0) is 14.3 Å². The summed E-state index contributed by atoms with van der Waals surface area (Å²) in [5, 5.41) is 8.45. The summed E-state index contributed by atoms with van der Waals surface area (Å²) < 4.78 is 4.67. The minimum Gasteiger partial charge on any atom is -0.481 e. The lowest BCUT2D eigenvalue weighted by atomic mass is 10.0. The molecule has 1 atom stereocenters. The van der Waals surface area contributed by atoms with Gasteiger partial charge in [0.1, 0.15) is 0 Å². The summed E-state index contributed by atoms with van der Waals surface area (Å²) in [4.78, 5) is 21.2. The molecule has 0 aromatic heterocycles. The van der Waals surface area contributed by atoms with Crippen molar-refractivity contribution in [3.05, 3.63) is 0 Å². The summed E-state index contributed by atoms with van der Waals surface area (Å²) in [6, 6.07) is 0. The lowest BCUT2D eigenvalue weighted by molar-refractivity contribution is -0.145. The van der Waals surface area contributed by atoms with Crippen LogP contribution in [0.1, 0.15) is 19.8 Å². The molecular formula is C8H15NO4. The third-order valence-electron chi connectivity index (χ3n) is 1.56. The SMILES string of the molecule is CCOC(=O)CC(CN)CC(=O)O. The second-order valence-corrected chi connectivity index (χ2v) is 2.71. The molecule has 0 aliphatic carbocycles. The maximum Gasteiger partial charge on any atom is 0.306 e. The average molecular weight is 189 g/mol. The Morgan fingerprint density at radius 2 is 2.08 bits per heavy atom. The van der Waals surface area contributed by atoms with E-state index in [1.54, 1.807) is 6.92 Å². The molecule has 0 amide bonds. The van der Waals surface area contributed by atoms with Crippen LogP contribution in [0, 0.1) is 5.92 Å². The largest absolute Gasteiger partial charge is 0.481 e. The van der Waals surface area contributed by atoms with Gasteiger partial charge < -0.3 is 15.6 Å². The molecule has 0 aliphatic rings. The number of nitrogens with two attached hydrogens (primary N) is 1. The fourth-order valence-electron chi connectivity index (χ4n) is 0.941. The Balaban J connectivity index is 3.83. The molecule has 5 heteroatoms. The maximum absolute atomic E-state index is 10.9. The third-order valence-corrected chi connectivity index (χ3v) is 1.56. The van der Waals surface area contributed by atoms with Crippen molar-refractivity contribution in [3.63, 3.8) is 0 Å². The van der Waals surface area contributed by atoms with Crippen molar-refractivity contribution < 1.29 is 19.4 Å². The Morgan fingerprint density at radius 1 is 1.46 bits per heavy atom. The number of esters is 1. The summed E-state index contributed by atoms with van der Waals surface area (Å²) in [5.74, 6) is -1.66. The molecule has 0 saturated carbocycles. The number of rotatable bonds is 6. The van der Waals surface area contributed by atoms with Crippen LogP contribution in [-0.4, -0.2) is 30.2 Å². The highest BCUT2D eigenvalue weighted by Crippen LogP contribution is 2.07. The van der Waals surface area contributed by atoms with Crippen molar-refractivity contribution in [1.82, 2.24) is 0 Å². The van der Waals surface area contributed by atoms with Gasteiger partial charge in [-0.05, 0) is 19.4 Å². The molecule has 5 nitrogen and oxygen atoms in total. The zero-order chi connectivity index (χ0) is 10.3. The van der Waals surface area contributed by atoms with Gasteiger partial charge in [-0.15, -0.1) is 0 Å². The van der Waals surface area contributed by atoms with Crippen molar-refractivity contribution in [2.45, 2.75) is 19.8 Å². The predicted octanol–water partition coefficient (Wildman–Crippen LogP) is -0.0108. The lowest BCUT2D eigenvalue weighted by Crippen LogP contribution is -2.22. The molecule has 0 spiro atoms. The molecule has 1 unspecified atom stereocenters. The maximum atomic E-state index is 10.9. The number of hydrogen-bond acceptors (Lipinski definition) is 4. The molecule has 76 valence electrons.